The number of fused-ring (bicyclic) bond motifs is 1. The highest BCUT2D eigenvalue weighted by molar-refractivity contribution is 6.02. The summed E-state index contributed by atoms with van der Waals surface area (Å²) in [5.41, 5.74) is 1.25. The Morgan fingerprint density at radius 2 is 2.28 bits per heavy atom. The van der Waals surface area contributed by atoms with Crippen LogP contribution in [0.1, 0.15) is 25.3 Å². The number of hydrogen-bond donors (Lipinski definition) is 0. The molecule has 0 radical (unpaired) electrons. The molecular formula is C20H23NO4. The van der Waals surface area contributed by atoms with Gasteiger partial charge in [0.15, 0.2) is 0 Å². The Hall–Kier alpha value is -2.14. The summed E-state index contributed by atoms with van der Waals surface area (Å²) >= 11 is 0. The summed E-state index contributed by atoms with van der Waals surface area (Å²) in [6.07, 6.45) is 5.33. The molecule has 0 saturated carbocycles. The molecule has 1 amide bonds. The van der Waals surface area contributed by atoms with Crippen molar-refractivity contribution in [1.29, 1.82) is 0 Å². The lowest BCUT2D eigenvalue weighted by molar-refractivity contribution is -0.152. The second-order valence-electron chi connectivity index (χ2n) is 7.18. The van der Waals surface area contributed by atoms with Crippen LogP contribution < -0.4 is 4.90 Å². The molecule has 0 N–H and O–H groups in total. The minimum atomic E-state index is -0.695. The van der Waals surface area contributed by atoms with Crippen molar-refractivity contribution < 1.29 is 19.1 Å². The van der Waals surface area contributed by atoms with Crippen LogP contribution in [0.2, 0.25) is 0 Å². The molecule has 5 heteroatoms. The summed E-state index contributed by atoms with van der Waals surface area (Å²) in [7, 11) is 0. The Balaban J connectivity index is 1.60. The van der Waals surface area contributed by atoms with Gasteiger partial charge in [-0.15, -0.1) is 0 Å². The molecule has 1 aromatic rings. The molecule has 4 rings (SSSR count). The molecule has 132 valence electrons. The van der Waals surface area contributed by atoms with Crippen LogP contribution in [0, 0.1) is 18.8 Å². The van der Waals surface area contributed by atoms with E-state index < -0.39 is 17.4 Å². The first kappa shape index (κ1) is 16.3. The van der Waals surface area contributed by atoms with E-state index in [1.807, 2.05) is 50.3 Å². The van der Waals surface area contributed by atoms with Crippen LogP contribution in [0.15, 0.2) is 36.4 Å². The lowest BCUT2D eigenvalue weighted by atomic mass is 9.77. The van der Waals surface area contributed by atoms with Gasteiger partial charge in [-0.1, -0.05) is 37.6 Å². The fourth-order valence-corrected chi connectivity index (χ4v) is 4.20. The first-order valence-corrected chi connectivity index (χ1v) is 8.97. The fraction of sp³-hybridized carbons (Fsp3) is 0.500. The molecular weight excluding hydrogens is 318 g/mol. The van der Waals surface area contributed by atoms with Gasteiger partial charge in [0.05, 0.1) is 25.2 Å². The quantitative estimate of drug-likeness (QED) is 0.469. The van der Waals surface area contributed by atoms with Gasteiger partial charge in [-0.2, -0.15) is 0 Å². The molecule has 3 heterocycles. The van der Waals surface area contributed by atoms with Crippen molar-refractivity contribution in [2.24, 2.45) is 11.8 Å². The maximum absolute atomic E-state index is 13.1. The minimum Gasteiger partial charge on any atom is -0.465 e. The zero-order valence-electron chi connectivity index (χ0n) is 14.6. The Morgan fingerprint density at radius 1 is 1.44 bits per heavy atom. The summed E-state index contributed by atoms with van der Waals surface area (Å²) in [5, 5.41) is 0. The lowest BCUT2D eigenvalue weighted by Gasteiger charge is -2.22. The second kappa shape index (κ2) is 5.99. The molecule has 1 spiro atoms. The number of benzene rings is 1. The summed E-state index contributed by atoms with van der Waals surface area (Å²) in [6, 6.07) is 7.85. The second-order valence-corrected chi connectivity index (χ2v) is 7.18. The molecule has 3 aliphatic heterocycles. The third-order valence-electron chi connectivity index (χ3n) is 5.43. The molecule has 1 aromatic carbocycles. The monoisotopic (exact) mass is 341 g/mol. The molecule has 4 atom stereocenters. The summed E-state index contributed by atoms with van der Waals surface area (Å²) in [4.78, 5) is 27.5. The number of ether oxygens (including phenoxy) is 2. The maximum atomic E-state index is 13.1. The van der Waals surface area contributed by atoms with E-state index >= 15 is 0 Å². The number of carbonyl (C=O) groups is 2. The highest BCUT2D eigenvalue weighted by Gasteiger charge is 2.67. The van der Waals surface area contributed by atoms with Gasteiger partial charge in [-0.3, -0.25) is 9.59 Å². The van der Waals surface area contributed by atoms with Gasteiger partial charge >= 0.3 is 5.97 Å². The molecule has 2 bridgehead atoms. The molecule has 3 aliphatic rings. The van der Waals surface area contributed by atoms with Crippen molar-refractivity contribution in [2.45, 2.75) is 38.4 Å². The van der Waals surface area contributed by atoms with Crippen LogP contribution >= 0.6 is 0 Å². The number of hydrogen-bond acceptors (Lipinski definition) is 4. The first-order chi connectivity index (χ1) is 12.1. The van der Waals surface area contributed by atoms with E-state index in [-0.39, 0.29) is 18.0 Å². The number of carbonyl (C=O) groups excluding carboxylic acids is 2. The molecule has 5 nitrogen and oxygen atoms in total. The third-order valence-corrected chi connectivity index (χ3v) is 5.43. The van der Waals surface area contributed by atoms with E-state index in [1.54, 1.807) is 4.90 Å². The number of amides is 1. The number of aryl methyl sites for hydroxylation is 1. The number of rotatable bonds is 5. The first-order valence-electron chi connectivity index (χ1n) is 8.97. The average Bonchev–Trinajstić information content (AvgIpc) is 3.23. The van der Waals surface area contributed by atoms with Crippen LogP contribution in [-0.2, 0) is 19.1 Å². The van der Waals surface area contributed by atoms with Gasteiger partial charge in [-0.05, 0) is 31.0 Å². The van der Waals surface area contributed by atoms with Crippen molar-refractivity contribution in [3.05, 3.63) is 42.0 Å². The summed E-state index contributed by atoms with van der Waals surface area (Å²) < 4.78 is 11.5. The Bertz CT molecular complexity index is 743. The molecule has 0 aromatic heterocycles. The van der Waals surface area contributed by atoms with Gasteiger partial charge in [-0.25, -0.2) is 0 Å². The van der Waals surface area contributed by atoms with Crippen molar-refractivity contribution in [3.8, 4) is 0 Å². The number of esters is 1. The minimum absolute atomic E-state index is 0.0464. The molecule has 1 unspecified atom stereocenters. The normalized spacial score (nSPS) is 32.3. The van der Waals surface area contributed by atoms with E-state index in [1.165, 1.54) is 0 Å². The topological polar surface area (TPSA) is 55.8 Å². The van der Waals surface area contributed by atoms with Gasteiger partial charge in [0.25, 0.3) is 0 Å². The van der Waals surface area contributed by atoms with Gasteiger partial charge in [0, 0.05) is 5.69 Å². The third kappa shape index (κ3) is 2.49. The van der Waals surface area contributed by atoms with E-state index in [9.17, 15) is 9.59 Å². The predicted octanol–water partition coefficient (Wildman–Crippen LogP) is 2.62. The fourth-order valence-electron chi connectivity index (χ4n) is 4.20. The van der Waals surface area contributed by atoms with E-state index in [4.69, 9.17) is 9.47 Å². The van der Waals surface area contributed by atoms with Crippen molar-refractivity contribution in [1.82, 2.24) is 0 Å². The standard InChI is InChI=1S/C20H23NO4/c1-3-4-10-24-19(23)16-15-8-9-20(25-15)12-21(18(22)17(16)20)14-7-5-6-13(2)11-14/h5-9,11,15-17H,3-4,10,12H2,1-2H3/t15-,16+,17-,20?/m0/s1. The molecule has 25 heavy (non-hydrogen) atoms. The van der Waals surface area contributed by atoms with Gasteiger partial charge in [0.1, 0.15) is 11.5 Å². The van der Waals surface area contributed by atoms with Crippen molar-refractivity contribution in [3.63, 3.8) is 0 Å². The van der Waals surface area contributed by atoms with Crippen LogP contribution in [0.25, 0.3) is 0 Å². The van der Waals surface area contributed by atoms with Crippen molar-refractivity contribution >= 4 is 17.6 Å². The van der Waals surface area contributed by atoms with Crippen LogP contribution in [0.3, 0.4) is 0 Å². The molecule has 2 saturated heterocycles. The van der Waals surface area contributed by atoms with Crippen molar-refractivity contribution in [2.75, 3.05) is 18.1 Å². The van der Waals surface area contributed by atoms with Crippen LogP contribution in [0.5, 0.6) is 0 Å². The van der Waals surface area contributed by atoms with E-state index in [0.717, 1.165) is 24.1 Å². The number of unbranched alkanes of at least 4 members (excludes halogenated alkanes) is 1. The van der Waals surface area contributed by atoms with Gasteiger partial charge in [0.2, 0.25) is 5.91 Å². The molecule has 0 aliphatic carbocycles. The smallest absolute Gasteiger partial charge is 0.312 e. The largest absolute Gasteiger partial charge is 0.465 e. The zero-order chi connectivity index (χ0) is 17.6. The zero-order valence-corrected chi connectivity index (χ0v) is 14.6. The summed E-state index contributed by atoms with van der Waals surface area (Å²) in [6.45, 7) is 4.90. The Morgan fingerprint density at radius 3 is 3.04 bits per heavy atom. The highest BCUT2D eigenvalue weighted by Crippen LogP contribution is 2.52. The summed E-state index contributed by atoms with van der Waals surface area (Å²) in [5.74, 6) is -1.38. The van der Waals surface area contributed by atoms with Crippen LogP contribution in [0.4, 0.5) is 5.69 Å². The van der Waals surface area contributed by atoms with E-state index in [2.05, 4.69) is 0 Å². The number of nitrogens with zero attached hydrogens (tertiary/aromatic N) is 1. The van der Waals surface area contributed by atoms with Gasteiger partial charge < -0.3 is 14.4 Å². The SMILES string of the molecule is CCCCOC(=O)[C@@H]1[C@@H]2C=CC3(CN(c4cccc(C)c4)C(=O)[C@H]13)O2. The maximum Gasteiger partial charge on any atom is 0.312 e. The average molecular weight is 341 g/mol. The highest BCUT2D eigenvalue weighted by atomic mass is 16.6. The Labute approximate surface area is 147 Å². The molecule has 2 fully saturated rings. The number of anilines is 1. The Kier molecular flexibility index (Phi) is 3.91. The van der Waals surface area contributed by atoms with Crippen LogP contribution in [-0.4, -0.2) is 36.7 Å². The lowest BCUT2D eigenvalue weighted by Crippen LogP contribution is -2.40. The predicted molar refractivity (Wildman–Crippen MR) is 93.1 cm³/mol. The van der Waals surface area contributed by atoms with E-state index in [0.29, 0.717) is 13.2 Å².